The van der Waals surface area contributed by atoms with Crippen LogP contribution < -0.4 is 0 Å². The standard InChI is InChI=1S/C13H19BrN2/c1-11-3-2-5-16(6-4-11)10-12-7-13(14)9-15-8-12/h7-9,11H,2-6,10H2,1H3. The van der Waals surface area contributed by atoms with E-state index in [9.17, 15) is 0 Å². The number of hydrogen-bond acceptors (Lipinski definition) is 2. The lowest BCUT2D eigenvalue weighted by Gasteiger charge is -2.19. The molecule has 0 saturated carbocycles. The van der Waals surface area contributed by atoms with Gasteiger partial charge >= 0.3 is 0 Å². The van der Waals surface area contributed by atoms with E-state index >= 15 is 0 Å². The number of nitrogens with zero attached hydrogens (tertiary/aromatic N) is 2. The first-order valence-electron chi connectivity index (χ1n) is 6.06. The van der Waals surface area contributed by atoms with E-state index in [1.54, 1.807) is 0 Å². The minimum Gasteiger partial charge on any atom is -0.299 e. The summed E-state index contributed by atoms with van der Waals surface area (Å²) in [4.78, 5) is 6.76. The van der Waals surface area contributed by atoms with Crippen molar-refractivity contribution in [1.29, 1.82) is 0 Å². The summed E-state index contributed by atoms with van der Waals surface area (Å²) in [7, 11) is 0. The third kappa shape index (κ3) is 3.56. The summed E-state index contributed by atoms with van der Waals surface area (Å²) < 4.78 is 1.08. The van der Waals surface area contributed by atoms with Crippen LogP contribution in [0.3, 0.4) is 0 Å². The van der Waals surface area contributed by atoms with Crippen molar-refractivity contribution in [2.75, 3.05) is 13.1 Å². The molecule has 0 amide bonds. The Labute approximate surface area is 106 Å². The molecule has 16 heavy (non-hydrogen) atoms. The second-order valence-electron chi connectivity index (χ2n) is 4.82. The molecule has 2 nitrogen and oxygen atoms in total. The maximum Gasteiger partial charge on any atom is 0.0410 e. The van der Waals surface area contributed by atoms with Crippen molar-refractivity contribution < 1.29 is 0 Å². The van der Waals surface area contributed by atoms with Crippen LogP contribution in [0, 0.1) is 5.92 Å². The predicted octanol–water partition coefficient (Wildman–Crippen LogP) is 3.47. The van der Waals surface area contributed by atoms with E-state index in [2.05, 4.69) is 38.8 Å². The predicted molar refractivity (Wildman–Crippen MR) is 70.2 cm³/mol. The van der Waals surface area contributed by atoms with Gasteiger partial charge in [0.25, 0.3) is 0 Å². The number of hydrogen-bond donors (Lipinski definition) is 0. The monoisotopic (exact) mass is 282 g/mol. The Bertz CT molecular complexity index is 340. The highest BCUT2D eigenvalue weighted by molar-refractivity contribution is 9.10. The summed E-state index contributed by atoms with van der Waals surface area (Å²) in [6.07, 6.45) is 7.87. The van der Waals surface area contributed by atoms with Crippen molar-refractivity contribution in [3.63, 3.8) is 0 Å². The maximum atomic E-state index is 4.21. The molecule has 0 bridgehead atoms. The normalized spacial score (nSPS) is 23.0. The van der Waals surface area contributed by atoms with Crippen LogP contribution in [0.25, 0.3) is 0 Å². The zero-order valence-corrected chi connectivity index (χ0v) is 11.4. The van der Waals surface area contributed by atoms with Crippen LogP contribution in [0.2, 0.25) is 0 Å². The molecule has 3 heteroatoms. The number of halogens is 1. The first kappa shape index (κ1) is 12.1. The Morgan fingerprint density at radius 3 is 3.06 bits per heavy atom. The first-order valence-corrected chi connectivity index (χ1v) is 6.85. The summed E-state index contributed by atoms with van der Waals surface area (Å²) in [6, 6.07) is 2.17. The third-order valence-electron chi connectivity index (χ3n) is 3.28. The average molecular weight is 283 g/mol. The van der Waals surface area contributed by atoms with Crippen LogP contribution >= 0.6 is 15.9 Å². The zero-order chi connectivity index (χ0) is 11.4. The minimum atomic E-state index is 0.894. The molecule has 88 valence electrons. The highest BCUT2D eigenvalue weighted by Crippen LogP contribution is 2.18. The first-order chi connectivity index (χ1) is 7.74. The number of aromatic nitrogens is 1. The summed E-state index contributed by atoms with van der Waals surface area (Å²) in [5, 5.41) is 0. The van der Waals surface area contributed by atoms with Gasteiger partial charge in [0.1, 0.15) is 0 Å². The molecule has 0 radical (unpaired) electrons. The molecule has 1 aromatic rings. The van der Waals surface area contributed by atoms with Crippen molar-refractivity contribution >= 4 is 15.9 Å². The second kappa shape index (κ2) is 5.78. The Kier molecular flexibility index (Phi) is 4.36. The van der Waals surface area contributed by atoms with Gasteiger partial charge in [0, 0.05) is 23.4 Å². The smallest absolute Gasteiger partial charge is 0.0410 e. The van der Waals surface area contributed by atoms with Gasteiger partial charge in [0.05, 0.1) is 0 Å². The van der Waals surface area contributed by atoms with E-state index < -0.39 is 0 Å². The molecule has 1 unspecified atom stereocenters. The Hall–Kier alpha value is -0.410. The molecular formula is C13H19BrN2. The van der Waals surface area contributed by atoms with E-state index in [0.717, 1.165) is 16.9 Å². The molecule has 1 aliphatic heterocycles. The largest absolute Gasteiger partial charge is 0.299 e. The quantitative estimate of drug-likeness (QED) is 0.826. The van der Waals surface area contributed by atoms with Crippen LogP contribution in [-0.4, -0.2) is 23.0 Å². The number of rotatable bonds is 2. The molecule has 1 fully saturated rings. The lowest BCUT2D eigenvalue weighted by Crippen LogP contribution is -2.24. The van der Waals surface area contributed by atoms with Gasteiger partial charge in [-0.05, 0) is 65.8 Å². The van der Waals surface area contributed by atoms with Gasteiger partial charge in [-0.3, -0.25) is 9.88 Å². The molecule has 1 aromatic heterocycles. The van der Waals surface area contributed by atoms with Gasteiger partial charge < -0.3 is 0 Å². The summed E-state index contributed by atoms with van der Waals surface area (Å²) in [5.74, 6) is 0.894. The zero-order valence-electron chi connectivity index (χ0n) is 9.82. The van der Waals surface area contributed by atoms with Crippen molar-refractivity contribution in [1.82, 2.24) is 9.88 Å². The number of likely N-dealkylation sites (tertiary alicyclic amines) is 1. The van der Waals surface area contributed by atoms with E-state index in [1.165, 1.54) is 37.9 Å². The van der Waals surface area contributed by atoms with Crippen LogP contribution in [0.5, 0.6) is 0 Å². The van der Waals surface area contributed by atoms with Crippen molar-refractivity contribution in [2.45, 2.75) is 32.7 Å². The van der Waals surface area contributed by atoms with Gasteiger partial charge in [-0.2, -0.15) is 0 Å². The van der Waals surface area contributed by atoms with E-state index in [1.807, 2.05) is 12.4 Å². The summed E-state index contributed by atoms with van der Waals surface area (Å²) >= 11 is 3.47. The molecule has 1 saturated heterocycles. The Balaban J connectivity index is 1.93. The summed E-state index contributed by atoms with van der Waals surface area (Å²) in [6.45, 7) is 5.87. The molecule has 0 N–H and O–H groups in total. The SMILES string of the molecule is CC1CCCN(Cc2cncc(Br)c2)CC1. The van der Waals surface area contributed by atoms with E-state index in [-0.39, 0.29) is 0 Å². The van der Waals surface area contributed by atoms with Crippen LogP contribution in [0.4, 0.5) is 0 Å². The molecule has 2 heterocycles. The Morgan fingerprint density at radius 1 is 1.38 bits per heavy atom. The molecule has 1 atom stereocenters. The van der Waals surface area contributed by atoms with Crippen molar-refractivity contribution in [3.8, 4) is 0 Å². The summed E-state index contributed by atoms with van der Waals surface area (Å²) in [5.41, 5.74) is 1.31. The second-order valence-corrected chi connectivity index (χ2v) is 5.74. The fourth-order valence-electron chi connectivity index (χ4n) is 2.28. The maximum absolute atomic E-state index is 4.21. The molecule has 0 aromatic carbocycles. The molecule has 0 spiro atoms. The fourth-order valence-corrected chi connectivity index (χ4v) is 2.69. The Morgan fingerprint density at radius 2 is 2.25 bits per heavy atom. The van der Waals surface area contributed by atoms with Crippen molar-refractivity contribution in [3.05, 3.63) is 28.5 Å². The van der Waals surface area contributed by atoms with Gasteiger partial charge in [-0.1, -0.05) is 6.92 Å². The van der Waals surface area contributed by atoms with Gasteiger partial charge in [-0.25, -0.2) is 0 Å². The van der Waals surface area contributed by atoms with Gasteiger partial charge in [-0.15, -0.1) is 0 Å². The van der Waals surface area contributed by atoms with E-state index in [4.69, 9.17) is 0 Å². The van der Waals surface area contributed by atoms with Crippen LogP contribution in [0.1, 0.15) is 31.7 Å². The molecule has 1 aliphatic rings. The van der Waals surface area contributed by atoms with Gasteiger partial charge in [0.15, 0.2) is 0 Å². The highest BCUT2D eigenvalue weighted by Gasteiger charge is 2.13. The average Bonchev–Trinajstić information content (AvgIpc) is 2.44. The van der Waals surface area contributed by atoms with Crippen LogP contribution in [0.15, 0.2) is 22.9 Å². The molecule has 0 aliphatic carbocycles. The lowest BCUT2D eigenvalue weighted by atomic mass is 10.0. The number of pyridine rings is 1. The molecular weight excluding hydrogens is 264 g/mol. The topological polar surface area (TPSA) is 16.1 Å². The lowest BCUT2D eigenvalue weighted by molar-refractivity contribution is 0.273. The third-order valence-corrected chi connectivity index (χ3v) is 3.71. The highest BCUT2D eigenvalue weighted by atomic mass is 79.9. The molecule has 2 rings (SSSR count). The fraction of sp³-hybridized carbons (Fsp3) is 0.615. The van der Waals surface area contributed by atoms with E-state index in [0.29, 0.717) is 0 Å². The minimum absolute atomic E-state index is 0.894. The van der Waals surface area contributed by atoms with Crippen molar-refractivity contribution in [2.24, 2.45) is 5.92 Å². The van der Waals surface area contributed by atoms with Crippen LogP contribution in [-0.2, 0) is 6.54 Å². The van der Waals surface area contributed by atoms with Gasteiger partial charge in [0.2, 0.25) is 0 Å².